The summed E-state index contributed by atoms with van der Waals surface area (Å²) in [4.78, 5) is 11.6. The van der Waals surface area contributed by atoms with Crippen molar-refractivity contribution in [3.8, 4) is 0 Å². The van der Waals surface area contributed by atoms with Crippen molar-refractivity contribution in [3.05, 3.63) is 0 Å². The van der Waals surface area contributed by atoms with E-state index in [1.165, 1.54) is 7.11 Å². The number of carbonyl (C=O) groups excluding carboxylic acids is 1. The zero-order chi connectivity index (χ0) is 13.1. The number of esters is 1. The molecule has 2 unspecified atom stereocenters. The number of carbonyl (C=O) groups is 1. The predicted octanol–water partition coefficient (Wildman–Crippen LogP) is 1.86. The third-order valence-electron chi connectivity index (χ3n) is 4.21. The van der Waals surface area contributed by atoms with E-state index in [2.05, 4.69) is 0 Å². The second-order valence-corrected chi connectivity index (χ2v) is 5.71. The summed E-state index contributed by atoms with van der Waals surface area (Å²) in [5.41, 5.74) is 5.69. The molecule has 0 bridgehead atoms. The molecule has 4 nitrogen and oxygen atoms in total. The fourth-order valence-corrected chi connectivity index (χ4v) is 2.83. The van der Waals surface area contributed by atoms with Gasteiger partial charge in [-0.05, 0) is 33.1 Å². The van der Waals surface area contributed by atoms with Crippen LogP contribution in [0.5, 0.6) is 0 Å². The number of nitrogens with two attached hydrogens (primary N) is 1. The summed E-state index contributed by atoms with van der Waals surface area (Å²) in [6.45, 7) is 3.99. The lowest BCUT2D eigenvalue weighted by Crippen LogP contribution is -2.55. The van der Waals surface area contributed by atoms with E-state index in [-0.39, 0.29) is 17.5 Å². The highest BCUT2D eigenvalue weighted by atomic mass is 16.5. The Morgan fingerprint density at radius 1 is 1.47 bits per heavy atom. The van der Waals surface area contributed by atoms with Gasteiger partial charge in [0.05, 0.1) is 19.6 Å². The SMILES string of the molecule is COC(=O)CC1(C(C)(C)N)CCCC(OC)C1. The highest BCUT2D eigenvalue weighted by molar-refractivity contribution is 5.70. The quantitative estimate of drug-likeness (QED) is 0.766. The van der Waals surface area contributed by atoms with Gasteiger partial charge in [0.2, 0.25) is 0 Å². The van der Waals surface area contributed by atoms with E-state index in [1.54, 1.807) is 7.11 Å². The Labute approximate surface area is 104 Å². The molecule has 100 valence electrons. The van der Waals surface area contributed by atoms with Crippen molar-refractivity contribution in [1.29, 1.82) is 0 Å². The summed E-state index contributed by atoms with van der Waals surface area (Å²) in [5.74, 6) is -0.180. The molecule has 0 amide bonds. The van der Waals surface area contributed by atoms with Crippen LogP contribution in [0, 0.1) is 5.41 Å². The van der Waals surface area contributed by atoms with Crippen LogP contribution in [0.15, 0.2) is 0 Å². The van der Waals surface area contributed by atoms with Crippen LogP contribution in [0.3, 0.4) is 0 Å². The maximum atomic E-state index is 11.6. The van der Waals surface area contributed by atoms with E-state index < -0.39 is 5.54 Å². The van der Waals surface area contributed by atoms with E-state index in [1.807, 2.05) is 13.8 Å². The van der Waals surface area contributed by atoms with Crippen LogP contribution < -0.4 is 5.73 Å². The molecular weight excluding hydrogens is 218 g/mol. The van der Waals surface area contributed by atoms with E-state index in [0.29, 0.717) is 6.42 Å². The van der Waals surface area contributed by atoms with Gasteiger partial charge >= 0.3 is 5.97 Å². The first-order valence-electron chi connectivity index (χ1n) is 6.23. The Kier molecular flexibility index (Phi) is 4.55. The Balaban J connectivity index is 2.89. The first-order chi connectivity index (χ1) is 7.84. The second-order valence-electron chi connectivity index (χ2n) is 5.71. The largest absolute Gasteiger partial charge is 0.469 e. The van der Waals surface area contributed by atoms with Gasteiger partial charge in [-0.15, -0.1) is 0 Å². The molecule has 2 atom stereocenters. The maximum absolute atomic E-state index is 11.6. The average molecular weight is 243 g/mol. The molecule has 1 aliphatic carbocycles. The minimum atomic E-state index is -0.404. The molecule has 4 heteroatoms. The van der Waals surface area contributed by atoms with Gasteiger partial charge in [0, 0.05) is 18.1 Å². The van der Waals surface area contributed by atoms with Gasteiger partial charge < -0.3 is 15.2 Å². The highest BCUT2D eigenvalue weighted by Gasteiger charge is 2.47. The van der Waals surface area contributed by atoms with E-state index >= 15 is 0 Å². The van der Waals surface area contributed by atoms with Gasteiger partial charge in [-0.2, -0.15) is 0 Å². The second kappa shape index (κ2) is 5.36. The van der Waals surface area contributed by atoms with Crippen molar-refractivity contribution in [2.75, 3.05) is 14.2 Å². The Hall–Kier alpha value is -0.610. The van der Waals surface area contributed by atoms with E-state index in [4.69, 9.17) is 15.2 Å². The summed E-state index contributed by atoms with van der Waals surface area (Å²) in [7, 11) is 3.15. The average Bonchev–Trinajstić information content (AvgIpc) is 2.27. The van der Waals surface area contributed by atoms with Gasteiger partial charge in [0.25, 0.3) is 0 Å². The first-order valence-corrected chi connectivity index (χ1v) is 6.23. The van der Waals surface area contributed by atoms with Crippen LogP contribution in [-0.2, 0) is 14.3 Å². The predicted molar refractivity (Wildman–Crippen MR) is 66.6 cm³/mol. The number of hydrogen-bond acceptors (Lipinski definition) is 4. The molecule has 1 fully saturated rings. The zero-order valence-electron chi connectivity index (χ0n) is 11.4. The van der Waals surface area contributed by atoms with Crippen molar-refractivity contribution in [2.45, 2.75) is 57.6 Å². The molecule has 1 aliphatic rings. The van der Waals surface area contributed by atoms with Gasteiger partial charge in [0.15, 0.2) is 0 Å². The molecule has 0 aliphatic heterocycles. The molecular formula is C13H25NO3. The fraction of sp³-hybridized carbons (Fsp3) is 0.923. The first kappa shape index (κ1) is 14.5. The van der Waals surface area contributed by atoms with Crippen molar-refractivity contribution in [1.82, 2.24) is 0 Å². The maximum Gasteiger partial charge on any atom is 0.306 e. The summed E-state index contributed by atoms with van der Waals surface area (Å²) < 4.78 is 10.3. The molecule has 0 radical (unpaired) electrons. The van der Waals surface area contributed by atoms with Crippen LogP contribution in [0.25, 0.3) is 0 Å². The molecule has 0 aromatic rings. The lowest BCUT2D eigenvalue weighted by molar-refractivity contribution is -0.147. The van der Waals surface area contributed by atoms with Crippen molar-refractivity contribution in [3.63, 3.8) is 0 Å². The van der Waals surface area contributed by atoms with Crippen LogP contribution in [-0.4, -0.2) is 31.8 Å². The summed E-state index contributed by atoms with van der Waals surface area (Å²) in [6.07, 6.45) is 4.49. The smallest absolute Gasteiger partial charge is 0.306 e. The lowest BCUT2D eigenvalue weighted by atomic mass is 9.61. The Morgan fingerprint density at radius 3 is 2.59 bits per heavy atom. The summed E-state index contributed by atoms with van der Waals surface area (Å²) >= 11 is 0. The lowest BCUT2D eigenvalue weighted by Gasteiger charge is -2.48. The van der Waals surface area contributed by atoms with Gasteiger partial charge in [-0.25, -0.2) is 0 Å². The minimum absolute atomic E-state index is 0.180. The van der Waals surface area contributed by atoms with E-state index in [0.717, 1.165) is 25.7 Å². The molecule has 0 saturated heterocycles. The van der Waals surface area contributed by atoms with Gasteiger partial charge in [0.1, 0.15) is 0 Å². The van der Waals surface area contributed by atoms with Crippen LogP contribution in [0.2, 0.25) is 0 Å². The summed E-state index contributed by atoms with van der Waals surface area (Å²) in [5, 5.41) is 0. The monoisotopic (exact) mass is 243 g/mol. The van der Waals surface area contributed by atoms with Crippen molar-refractivity contribution >= 4 is 5.97 Å². The molecule has 0 aromatic heterocycles. The standard InChI is InChI=1S/C13H25NO3/c1-12(2,14)13(9-11(15)17-4)7-5-6-10(8-13)16-3/h10H,5-9,14H2,1-4H3. The molecule has 2 N–H and O–H groups in total. The van der Waals surface area contributed by atoms with Crippen LogP contribution in [0.1, 0.15) is 46.0 Å². The molecule has 0 aromatic carbocycles. The van der Waals surface area contributed by atoms with Crippen molar-refractivity contribution < 1.29 is 14.3 Å². The topological polar surface area (TPSA) is 61.5 Å². The van der Waals surface area contributed by atoms with Crippen LogP contribution >= 0.6 is 0 Å². The fourth-order valence-electron chi connectivity index (χ4n) is 2.83. The molecule has 0 spiro atoms. The molecule has 1 rings (SSSR count). The number of methoxy groups -OCH3 is 2. The molecule has 0 heterocycles. The highest BCUT2D eigenvalue weighted by Crippen LogP contribution is 2.47. The third-order valence-corrected chi connectivity index (χ3v) is 4.21. The normalized spacial score (nSPS) is 30.1. The number of hydrogen-bond donors (Lipinski definition) is 1. The Bertz CT molecular complexity index is 272. The van der Waals surface area contributed by atoms with Gasteiger partial charge in [-0.3, -0.25) is 4.79 Å². The molecule has 1 saturated carbocycles. The Morgan fingerprint density at radius 2 is 2.12 bits per heavy atom. The minimum Gasteiger partial charge on any atom is -0.469 e. The van der Waals surface area contributed by atoms with Gasteiger partial charge in [-0.1, -0.05) is 6.42 Å². The molecule has 17 heavy (non-hydrogen) atoms. The zero-order valence-corrected chi connectivity index (χ0v) is 11.4. The van der Waals surface area contributed by atoms with Crippen molar-refractivity contribution in [2.24, 2.45) is 11.1 Å². The number of ether oxygens (including phenoxy) is 2. The summed E-state index contributed by atoms with van der Waals surface area (Å²) in [6, 6.07) is 0. The third kappa shape index (κ3) is 3.19. The van der Waals surface area contributed by atoms with E-state index in [9.17, 15) is 4.79 Å². The number of rotatable bonds is 4. The van der Waals surface area contributed by atoms with Crippen LogP contribution in [0.4, 0.5) is 0 Å².